The molecule has 0 saturated carbocycles. The standard InChI is InChI=1S/C16H18ClN3OS/c1-10-3-4-14(11(2)7-10)20-16(18-15(21)5-6-17)12-8-22-9-13(12)19-20/h3-4,7H,5-6,8-9H2,1-2H3,(H,18,21). The highest BCUT2D eigenvalue weighted by atomic mass is 35.5. The van der Waals surface area contributed by atoms with Crippen molar-refractivity contribution in [1.82, 2.24) is 9.78 Å². The van der Waals surface area contributed by atoms with Gasteiger partial charge in [0.1, 0.15) is 5.82 Å². The summed E-state index contributed by atoms with van der Waals surface area (Å²) < 4.78 is 1.87. The summed E-state index contributed by atoms with van der Waals surface area (Å²) >= 11 is 7.49. The van der Waals surface area contributed by atoms with E-state index in [2.05, 4.69) is 37.4 Å². The number of hydrogen-bond acceptors (Lipinski definition) is 3. The van der Waals surface area contributed by atoms with E-state index in [-0.39, 0.29) is 5.91 Å². The Morgan fingerprint density at radius 1 is 1.41 bits per heavy atom. The van der Waals surface area contributed by atoms with Crippen LogP contribution >= 0.6 is 23.4 Å². The normalized spacial score (nSPS) is 13.2. The number of nitrogens with one attached hydrogen (secondary N) is 1. The average Bonchev–Trinajstić information content (AvgIpc) is 3.02. The van der Waals surface area contributed by atoms with Crippen molar-refractivity contribution in [3.05, 3.63) is 40.6 Å². The number of alkyl halides is 1. The lowest BCUT2D eigenvalue weighted by molar-refractivity contribution is -0.115. The number of thioether (sulfide) groups is 1. The minimum Gasteiger partial charge on any atom is -0.310 e. The van der Waals surface area contributed by atoms with Gasteiger partial charge in [-0.25, -0.2) is 4.68 Å². The fourth-order valence-corrected chi connectivity index (χ4v) is 3.85. The molecule has 1 amide bonds. The first-order chi connectivity index (χ1) is 10.6. The predicted octanol–water partition coefficient (Wildman–Crippen LogP) is 3.80. The molecule has 4 nitrogen and oxygen atoms in total. The van der Waals surface area contributed by atoms with E-state index in [1.807, 2.05) is 16.4 Å². The molecule has 0 spiro atoms. The Labute approximate surface area is 139 Å². The molecule has 1 N–H and O–H groups in total. The molecule has 0 aliphatic carbocycles. The van der Waals surface area contributed by atoms with Crippen LogP contribution in [0.5, 0.6) is 0 Å². The third-order valence-corrected chi connectivity index (χ3v) is 4.87. The quantitative estimate of drug-likeness (QED) is 0.864. The minimum absolute atomic E-state index is 0.0689. The Hall–Kier alpha value is -1.46. The monoisotopic (exact) mass is 335 g/mol. The van der Waals surface area contributed by atoms with Gasteiger partial charge in [-0.2, -0.15) is 16.9 Å². The second-order valence-corrected chi connectivity index (χ2v) is 6.82. The van der Waals surface area contributed by atoms with Gasteiger partial charge in [0.15, 0.2) is 0 Å². The van der Waals surface area contributed by atoms with Crippen LogP contribution in [0.15, 0.2) is 18.2 Å². The molecule has 1 aliphatic rings. The predicted molar refractivity (Wildman–Crippen MR) is 92.0 cm³/mol. The molecule has 1 aromatic heterocycles. The Morgan fingerprint density at radius 2 is 2.23 bits per heavy atom. The van der Waals surface area contributed by atoms with Gasteiger partial charge in [0.05, 0.1) is 11.4 Å². The maximum atomic E-state index is 12.0. The number of benzene rings is 1. The summed E-state index contributed by atoms with van der Waals surface area (Å²) in [7, 11) is 0. The molecule has 0 radical (unpaired) electrons. The van der Waals surface area contributed by atoms with E-state index < -0.39 is 0 Å². The highest BCUT2D eigenvalue weighted by Gasteiger charge is 2.25. The Morgan fingerprint density at radius 3 is 2.95 bits per heavy atom. The van der Waals surface area contributed by atoms with Gasteiger partial charge in [0.2, 0.25) is 5.91 Å². The largest absolute Gasteiger partial charge is 0.310 e. The fourth-order valence-electron chi connectivity index (χ4n) is 2.64. The number of amides is 1. The first-order valence-corrected chi connectivity index (χ1v) is 8.91. The number of rotatable bonds is 4. The van der Waals surface area contributed by atoms with Crippen LogP contribution in [0.3, 0.4) is 0 Å². The van der Waals surface area contributed by atoms with Crippen molar-refractivity contribution in [3.63, 3.8) is 0 Å². The lowest BCUT2D eigenvalue weighted by Crippen LogP contribution is -2.16. The molecular weight excluding hydrogens is 318 g/mol. The average molecular weight is 336 g/mol. The maximum absolute atomic E-state index is 12.0. The number of carbonyl (C=O) groups excluding carboxylic acids is 1. The number of anilines is 1. The van der Waals surface area contributed by atoms with Crippen LogP contribution in [-0.4, -0.2) is 21.6 Å². The Balaban J connectivity index is 2.05. The molecule has 3 rings (SSSR count). The van der Waals surface area contributed by atoms with Crippen LogP contribution in [0.2, 0.25) is 0 Å². The molecule has 22 heavy (non-hydrogen) atoms. The van der Waals surface area contributed by atoms with E-state index in [0.717, 1.165) is 39.8 Å². The molecule has 116 valence electrons. The number of halogens is 1. The summed E-state index contributed by atoms with van der Waals surface area (Å²) in [5.41, 5.74) is 5.55. The van der Waals surface area contributed by atoms with Gasteiger partial charge in [-0.3, -0.25) is 4.79 Å². The Bertz CT molecular complexity index is 726. The second-order valence-electron chi connectivity index (χ2n) is 5.46. The molecule has 0 fully saturated rings. The molecule has 0 atom stereocenters. The van der Waals surface area contributed by atoms with E-state index in [1.54, 1.807) is 0 Å². The number of nitrogens with zero attached hydrogens (tertiary/aromatic N) is 2. The molecule has 1 aromatic carbocycles. The van der Waals surface area contributed by atoms with Crippen molar-refractivity contribution in [3.8, 4) is 5.69 Å². The van der Waals surface area contributed by atoms with Gasteiger partial charge < -0.3 is 5.32 Å². The number of aromatic nitrogens is 2. The van der Waals surface area contributed by atoms with Crippen LogP contribution in [0.25, 0.3) is 5.69 Å². The summed E-state index contributed by atoms with van der Waals surface area (Å²) in [6.45, 7) is 4.13. The Kier molecular flexibility index (Phi) is 4.45. The molecule has 2 heterocycles. The van der Waals surface area contributed by atoms with E-state index in [4.69, 9.17) is 16.7 Å². The lowest BCUT2D eigenvalue weighted by atomic mass is 10.1. The SMILES string of the molecule is Cc1ccc(-n2nc3c(c2NC(=O)CCCl)CSC3)c(C)c1. The van der Waals surface area contributed by atoms with Crippen LogP contribution in [0.1, 0.15) is 28.8 Å². The molecule has 2 aromatic rings. The minimum atomic E-state index is -0.0689. The molecule has 6 heteroatoms. The zero-order valence-electron chi connectivity index (χ0n) is 12.6. The molecule has 0 bridgehead atoms. The van der Waals surface area contributed by atoms with Crippen LogP contribution < -0.4 is 5.32 Å². The van der Waals surface area contributed by atoms with E-state index in [9.17, 15) is 4.79 Å². The van der Waals surface area contributed by atoms with Gasteiger partial charge >= 0.3 is 0 Å². The summed E-state index contributed by atoms with van der Waals surface area (Å²) in [6, 6.07) is 6.24. The van der Waals surface area contributed by atoms with Gasteiger partial charge in [-0.05, 0) is 25.5 Å². The second kappa shape index (κ2) is 6.34. The van der Waals surface area contributed by atoms with Gasteiger partial charge in [-0.1, -0.05) is 17.7 Å². The molecule has 0 unspecified atom stereocenters. The smallest absolute Gasteiger partial charge is 0.226 e. The van der Waals surface area contributed by atoms with Crippen LogP contribution in [0, 0.1) is 13.8 Å². The van der Waals surface area contributed by atoms with Crippen molar-refractivity contribution in [2.24, 2.45) is 0 Å². The summed E-state index contributed by atoms with van der Waals surface area (Å²) in [6.07, 6.45) is 0.307. The van der Waals surface area contributed by atoms with Crippen LogP contribution in [-0.2, 0) is 16.3 Å². The van der Waals surface area contributed by atoms with Crippen molar-refractivity contribution in [1.29, 1.82) is 0 Å². The van der Waals surface area contributed by atoms with E-state index >= 15 is 0 Å². The maximum Gasteiger partial charge on any atom is 0.226 e. The summed E-state index contributed by atoms with van der Waals surface area (Å²) in [5.74, 6) is 2.82. The first kappa shape index (κ1) is 15.4. The van der Waals surface area contributed by atoms with Gasteiger partial charge in [-0.15, -0.1) is 11.6 Å². The number of aryl methyl sites for hydroxylation is 2. The highest BCUT2D eigenvalue weighted by molar-refractivity contribution is 7.98. The third-order valence-electron chi connectivity index (χ3n) is 3.71. The van der Waals surface area contributed by atoms with Gasteiger partial charge in [0.25, 0.3) is 0 Å². The number of fused-ring (bicyclic) bond motifs is 1. The lowest BCUT2D eigenvalue weighted by Gasteiger charge is -2.13. The van der Waals surface area contributed by atoms with E-state index in [0.29, 0.717) is 12.3 Å². The fraction of sp³-hybridized carbons (Fsp3) is 0.375. The number of carbonyl (C=O) groups is 1. The van der Waals surface area contributed by atoms with Gasteiger partial charge in [0, 0.05) is 29.4 Å². The van der Waals surface area contributed by atoms with Crippen molar-refractivity contribution in [2.45, 2.75) is 31.8 Å². The molecule has 0 saturated heterocycles. The first-order valence-electron chi connectivity index (χ1n) is 7.22. The molecule has 1 aliphatic heterocycles. The van der Waals surface area contributed by atoms with Crippen molar-refractivity contribution >= 4 is 35.1 Å². The van der Waals surface area contributed by atoms with Crippen molar-refractivity contribution in [2.75, 3.05) is 11.2 Å². The van der Waals surface area contributed by atoms with Crippen LogP contribution in [0.4, 0.5) is 5.82 Å². The zero-order chi connectivity index (χ0) is 15.7. The number of hydrogen-bond donors (Lipinski definition) is 1. The summed E-state index contributed by atoms with van der Waals surface area (Å²) in [5, 5.41) is 7.71. The third kappa shape index (κ3) is 2.88. The molecular formula is C16H18ClN3OS. The topological polar surface area (TPSA) is 46.9 Å². The van der Waals surface area contributed by atoms with Crippen molar-refractivity contribution < 1.29 is 4.79 Å². The van der Waals surface area contributed by atoms with E-state index in [1.165, 1.54) is 5.56 Å². The zero-order valence-corrected chi connectivity index (χ0v) is 14.2. The summed E-state index contributed by atoms with van der Waals surface area (Å²) in [4.78, 5) is 12.0. The highest BCUT2D eigenvalue weighted by Crippen LogP contribution is 2.36.